The summed E-state index contributed by atoms with van der Waals surface area (Å²) in [6, 6.07) is 15.3. The topological polar surface area (TPSA) is 68.0 Å². The second-order valence-electron chi connectivity index (χ2n) is 4.00. The third-order valence-electron chi connectivity index (χ3n) is 2.37. The smallest absolute Gasteiger partial charge is 0.312 e. The van der Waals surface area contributed by atoms with Gasteiger partial charge in [0.1, 0.15) is 0 Å². The number of benzene rings is 1. The van der Waals surface area contributed by atoms with E-state index in [2.05, 4.69) is 10.3 Å². The van der Waals surface area contributed by atoms with Gasteiger partial charge in [0.2, 0.25) is 0 Å². The molecule has 0 spiro atoms. The van der Waals surface area contributed by atoms with Crippen LogP contribution in [0.4, 0.5) is 4.79 Å². The van der Waals surface area contributed by atoms with Crippen LogP contribution < -0.4 is 11.1 Å². The van der Waals surface area contributed by atoms with Crippen LogP contribution in [0.25, 0.3) is 0 Å². The predicted octanol–water partition coefficient (Wildman–Crippen LogP) is 2.29. The molecule has 1 aromatic heterocycles. The molecule has 1 aromatic carbocycles. The molecule has 2 aromatic rings. The lowest BCUT2D eigenvalue weighted by Crippen LogP contribution is -2.30. The molecule has 0 radical (unpaired) electrons. The molecule has 0 aliphatic carbocycles. The number of aryl methyl sites for hydroxylation is 1. The summed E-state index contributed by atoms with van der Waals surface area (Å²) in [5, 5.41) is 2.53. The molecule has 0 aliphatic rings. The average molecular weight is 257 g/mol. The van der Waals surface area contributed by atoms with Crippen LogP contribution in [0.15, 0.2) is 54.7 Å². The number of rotatable bonds is 3. The van der Waals surface area contributed by atoms with Gasteiger partial charge in [0.05, 0.1) is 0 Å². The standard InChI is InChI=1S/C9H12N2O.C6H7N/c10-9(12)11-7-6-8-4-2-1-3-5-8;1-6-4-2-3-5-7-6/h1-5H,6-7H2,(H3,10,11,12);2-5H,1H3. The molecule has 0 unspecified atom stereocenters. The molecular formula is C15H19N3O. The Morgan fingerprint density at radius 2 is 1.84 bits per heavy atom. The molecule has 2 rings (SSSR count). The van der Waals surface area contributed by atoms with Crippen molar-refractivity contribution in [2.45, 2.75) is 13.3 Å². The van der Waals surface area contributed by atoms with Crippen molar-refractivity contribution in [3.05, 3.63) is 66.0 Å². The van der Waals surface area contributed by atoms with E-state index < -0.39 is 6.03 Å². The van der Waals surface area contributed by atoms with Gasteiger partial charge in [-0.2, -0.15) is 0 Å². The summed E-state index contributed by atoms with van der Waals surface area (Å²) in [6.07, 6.45) is 2.61. The quantitative estimate of drug-likeness (QED) is 0.885. The van der Waals surface area contributed by atoms with Gasteiger partial charge < -0.3 is 11.1 Å². The zero-order valence-electron chi connectivity index (χ0n) is 11.0. The maximum atomic E-state index is 10.3. The van der Waals surface area contributed by atoms with Crippen LogP contribution in [0, 0.1) is 6.92 Å². The number of urea groups is 1. The Labute approximate surface area is 113 Å². The highest BCUT2D eigenvalue weighted by atomic mass is 16.2. The van der Waals surface area contributed by atoms with Gasteiger partial charge in [-0.15, -0.1) is 0 Å². The molecule has 100 valence electrons. The minimum Gasteiger partial charge on any atom is -0.352 e. The van der Waals surface area contributed by atoms with E-state index in [1.807, 2.05) is 55.5 Å². The van der Waals surface area contributed by atoms with Crippen LogP contribution in [-0.2, 0) is 6.42 Å². The van der Waals surface area contributed by atoms with Crippen LogP contribution in [-0.4, -0.2) is 17.6 Å². The van der Waals surface area contributed by atoms with E-state index >= 15 is 0 Å². The molecule has 0 fully saturated rings. The summed E-state index contributed by atoms with van der Waals surface area (Å²) in [6.45, 7) is 2.57. The fraction of sp³-hybridized carbons (Fsp3) is 0.200. The average Bonchev–Trinajstić information content (AvgIpc) is 2.41. The minimum absolute atomic E-state index is 0.467. The molecular weight excluding hydrogens is 238 g/mol. The Bertz CT molecular complexity index is 471. The summed E-state index contributed by atoms with van der Waals surface area (Å²) in [7, 11) is 0. The Morgan fingerprint density at radius 1 is 1.16 bits per heavy atom. The van der Waals surface area contributed by atoms with Crippen LogP contribution in [0.5, 0.6) is 0 Å². The first-order valence-corrected chi connectivity index (χ1v) is 6.13. The van der Waals surface area contributed by atoms with Crippen molar-refractivity contribution in [3.8, 4) is 0 Å². The summed E-state index contributed by atoms with van der Waals surface area (Å²) >= 11 is 0. The van der Waals surface area contributed by atoms with Crippen molar-refractivity contribution >= 4 is 6.03 Å². The number of carbonyl (C=O) groups excluding carboxylic acids is 1. The Balaban J connectivity index is 0.000000218. The molecule has 0 atom stereocenters. The van der Waals surface area contributed by atoms with Crippen LogP contribution in [0.1, 0.15) is 11.3 Å². The van der Waals surface area contributed by atoms with E-state index in [9.17, 15) is 4.79 Å². The zero-order valence-corrected chi connectivity index (χ0v) is 11.0. The van der Waals surface area contributed by atoms with Crippen LogP contribution in [0.3, 0.4) is 0 Å². The first-order chi connectivity index (χ1) is 9.18. The lowest BCUT2D eigenvalue weighted by Gasteiger charge is -2.00. The number of aromatic nitrogens is 1. The van der Waals surface area contributed by atoms with Crippen LogP contribution >= 0.6 is 0 Å². The fourth-order valence-electron chi connectivity index (χ4n) is 1.42. The second kappa shape index (κ2) is 8.69. The van der Waals surface area contributed by atoms with E-state index in [0.29, 0.717) is 6.54 Å². The van der Waals surface area contributed by atoms with Gasteiger partial charge in [-0.3, -0.25) is 4.98 Å². The first-order valence-electron chi connectivity index (χ1n) is 6.13. The van der Waals surface area contributed by atoms with Gasteiger partial charge >= 0.3 is 6.03 Å². The van der Waals surface area contributed by atoms with Crippen molar-refractivity contribution in [1.29, 1.82) is 0 Å². The molecule has 4 nitrogen and oxygen atoms in total. The predicted molar refractivity (Wildman–Crippen MR) is 76.7 cm³/mol. The van der Waals surface area contributed by atoms with Gasteiger partial charge in [-0.1, -0.05) is 36.4 Å². The lowest BCUT2D eigenvalue weighted by atomic mass is 10.1. The van der Waals surface area contributed by atoms with E-state index in [1.54, 1.807) is 6.20 Å². The number of carbonyl (C=O) groups is 1. The Kier molecular flexibility index (Phi) is 6.72. The summed E-state index contributed by atoms with van der Waals surface area (Å²) in [5.74, 6) is 0. The summed E-state index contributed by atoms with van der Waals surface area (Å²) in [4.78, 5) is 14.3. The molecule has 0 aliphatic heterocycles. The zero-order chi connectivity index (χ0) is 13.9. The number of hydrogen-bond donors (Lipinski definition) is 2. The van der Waals surface area contributed by atoms with Crippen LogP contribution in [0.2, 0.25) is 0 Å². The van der Waals surface area contributed by atoms with Crippen molar-refractivity contribution < 1.29 is 4.79 Å². The number of primary amides is 1. The Morgan fingerprint density at radius 3 is 2.32 bits per heavy atom. The molecule has 2 amide bonds. The van der Waals surface area contributed by atoms with E-state index in [0.717, 1.165) is 12.1 Å². The normalized spacial score (nSPS) is 9.11. The molecule has 1 heterocycles. The number of pyridine rings is 1. The maximum Gasteiger partial charge on any atom is 0.312 e. The summed E-state index contributed by atoms with van der Waals surface area (Å²) in [5.41, 5.74) is 7.18. The fourth-order valence-corrected chi connectivity index (χ4v) is 1.42. The number of nitrogens with two attached hydrogens (primary N) is 1. The highest BCUT2D eigenvalue weighted by molar-refractivity contribution is 5.71. The molecule has 3 N–H and O–H groups in total. The number of amides is 2. The van der Waals surface area contributed by atoms with Gasteiger partial charge in [0.15, 0.2) is 0 Å². The Hall–Kier alpha value is -2.36. The van der Waals surface area contributed by atoms with Crippen molar-refractivity contribution in [2.24, 2.45) is 5.73 Å². The molecule has 19 heavy (non-hydrogen) atoms. The van der Waals surface area contributed by atoms with Gasteiger partial charge in [-0.25, -0.2) is 4.79 Å². The van der Waals surface area contributed by atoms with E-state index in [1.165, 1.54) is 5.56 Å². The third-order valence-corrected chi connectivity index (χ3v) is 2.37. The van der Waals surface area contributed by atoms with Crippen molar-refractivity contribution in [3.63, 3.8) is 0 Å². The largest absolute Gasteiger partial charge is 0.352 e. The lowest BCUT2D eigenvalue weighted by molar-refractivity contribution is 0.249. The maximum absolute atomic E-state index is 10.3. The number of hydrogen-bond acceptors (Lipinski definition) is 2. The molecule has 4 heteroatoms. The van der Waals surface area contributed by atoms with Crippen molar-refractivity contribution in [1.82, 2.24) is 10.3 Å². The molecule has 0 saturated heterocycles. The molecule has 0 saturated carbocycles. The molecule has 0 bridgehead atoms. The third kappa shape index (κ3) is 7.54. The van der Waals surface area contributed by atoms with E-state index in [4.69, 9.17) is 5.73 Å². The van der Waals surface area contributed by atoms with Gasteiger partial charge in [-0.05, 0) is 31.0 Å². The SMILES string of the molecule is Cc1ccccn1.NC(=O)NCCc1ccccc1. The minimum atomic E-state index is -0.467. The monoisotopic (exact) mass is 257 g/mol. The number of nitrogens with one attached hydrogen (secondary N) is 1. The first kappa shape index (κ1) is 14.7. The van der Waals surface area contributed by atoms with Crippen molar-refractivity contribution in [2.75, 3.05) is 6.54 Å². The van der Waals surface area contributed by atoms with E-state index in [-0.39, 0.29) is 0 Å². The highest BCUT2D eigenvalue weighted by Gasteiger charge is 1.92. The van der Waals surface area contributed by atoms with Gasteiger partial charge in [0.25, 0.3) is 0 Å². The summed E-state index contributed by atoms with van der Waals surface area (Å²) < 4.78 is 0. The second-order valence-corrected chi connectivity index (χ2v) is 4.00. The van der Waals surface area contributed by atoms with Gasteiger partial charge in [0, 0.05) is 18.4 Å². The highest BCUT2D eigenvalue weighted by Crippen LogP contribution is 1.97. The number of nitrogens with zero attached hydrogens (tertiary/aromatic N) is 1.